The minimum atomic E-state index is 0.367. The number of nitrogens with two attached hydrogens (primary N) is 1. The highest BCUT2D eigenvalue weighted by atomic mass is 79.9. The van der Waals surface area contributed by atoms with Gasteiger partial charge in [-0.15, -0.1) is 0 Å². The summed E-state index contributed by atoms with van der Waals surface area (Å²) in [7, 11) is 0. The summed E-state index contributed by atoms with van der Waals surface area (Å²) >= 11 is 3.36. The maximum atomic E-state index is 5.21. The van der Waals surface area contributed by atoms with Gasteiger partial charge in [0.2, 0.25) is 5.95 Å². The third-order valence-electron chi connectivity index (χ3n) is 1.87. The molecule has 0 saturated carbocycles. The van der Waals surface area contributed by atoms with Gasteiger partial charge in [-0.1, -0.05) is 6.92 Å². The van der Waals surface area contributed by atoms with Crippen LogP contribution in [0.25, 0.3) is 0 Å². The van der Waals surface area contributed by atoms with Gasteiger partial charge in [0.25, 0.3) is 0 Å². The Balaban J connectivity index is 2.83. The van der Waals surface area contributed by atoms with E-state index in [1.54, 1.807) is 6.20 Å². The second-order valence-electron chi connectivity index (χ2n) is 2.99. The Kier molecular flexibility index (Phi) is 4.09. The van der Waals surface area contributed by atoms with Gasteiger partial charge < -0.3 is 5.32 Å². The second-order valence-corrected chi connectivity index (χ2v) is 3.84. The average Bonchev–Trinajstić information content (AvgIpc) is 2.21. The molecule has 6 heteroatoms. The van der Waals surface area contributed by atoms with Crippen LogP contribution in [-0.4, -0.2) is 16.0 Å². The summed E-state index contributed by atoms with van der Waals surface area (Å²) in [6, 6.07) is 0.367. The van der Waals surface area contributed by atoms with Crippen molar-refractivity contribution in [2.75, 3.05) is 10.7 Å². The van der Waals surface area contributed by atoms with Gasteiger partial charge in [-0.25, -0.2) is 10.8 Å². The van der Waals surface area contributed by atoms with Gasteiger partial charge >= 0.3 is 0 Å². The molecule has 0 aliphatic heterocycles. The Hall–Kier alpha value is -0.880. The van der Waals surface area contributed by atoms with E-state index in [2.05, 4.69) is 50.5 Å². The smallest absolute Gasteiger partial charge is 0.239 e. The summed E-state index contributed by atoms with van der Waals surface area (Å²) in [5, 5.41) is 3.24. The molecule has 1 unspecified atom stereocenters. The lowest BCUT2D eigenvalue weighted by Gasteiger charge is -2.13. The molecular formula is C8H14BrN5. The Bertz CT molecular complexity index is 304. The SMILES string of the molecule is CCC(C)Nc1nc(NN)ncc1Br. The Morgan fingerprint density at radius 2 is 2.36 bits per heavy atom. The number of anilines is 2. The van der Waals surface area contributed by atoms with Gasteiger partial charge in [-0.2, -0.15) is 4.98 Å². The molecule has 1 aromatic rings. The minimum Gasteiger partial charge on any atom is -0.367 e. The summed E-state index contributed by atoms with van der Waals surface area (Å²) in [5.41, 5.74) is 2.40. The molecule has 78 valence electrons. The molecular weight excluding hydrogens is 246 g/mol. The van der Waals surface area contributed by atoms with Crippen molar-refractivity contribution in [2.24, 2.45) is 5.84 Å². The molecule has 1 heterocycles. The fourth-order valence-corrected chi connectivity index (χ4v) is 1.18. The predicted molar refractivity (Wildman–Crippen MR) is 60.9 cm³/mol. The van der Waals surface area contributed by atoms with Crippen LogP contribution in [-0.2, 0) is 0 Å². The van der Waals surface area contributed by atoms with E-state index in [0.29, 0.717) is 12.0 Å². The monoisotopic (exact) mass is 259 g/mol. The van der Waals surface area contributed by atoms with Crippen molar-refractivity contribution in [1.29, 1.82) is 0 Å². The van der Waals surface area contributed by atoms with Crippen LogP contribution < -0.4 is 16.6 Å². The molecule has 0 fully saturated rings. The lowest BCUT2D eigenvalue weighted by Crippen LogP contribution is -2.17. The first kappa shape index (κ1) is 11.2. The lowest BCUT2D eigenvalue weighted by molar-refractivity contribution is 0.757. The summed E-state index contributed by atoms with van der Waals surface area (Å²) in [6.07, 6.45) is 2.69. The second kappa shape index (κ2) is 5.11. The van der Waals surface area contributed by atoms with Gasteiger partial charge in [-0.05, 0) is 29.3 Å². The quantitative estimate of drug-likeness (QED) is 0.567. The molecule has 1 rings (SSSR count). The summed E-state index contributed by atoms with van der Waals surface area (Å²) in [5.74, 6) is 6.37. The Labute approximate surface area is 91.6 Å². The van der Waals surface area contributed by atoms with E-state index in [4.69, 9.17) is 5.84 Å². The molecule has 1 aromatic heterocycles. The molecule has 5 nitrogen and oxygen atoms in total. The van der Waals surface area contributed by atoms with E-state index in [-0.39, 0.29) is 0 Å². The van der Waals surface area contributed by atoms with Crippen LogP contribution >= 0.6 is 15.9 Å². The van der Waals surface area contributed by atoms with Crippen LogP contribution in [0.15, 0.2) is 10.7 Å². The zero-order chi connectivity index (χ0) is 10.6. The number of hydrazine groups is 1. The zero-order valence-corrected chi connectivity index (χ0v) is 9.80. The van der Waals surface area contributed by atoms with E-state index < -0.39 is 0 Å². The molecule has 4 N–H and O–H groups in total. The Morgan fingerprint density at radius 1 is 1.64 bits per heavy atom. The van der Waals surface area contributed by atoms with Crippen molar-refractivity contribution < 1.29 is 0 Å². The van der Waals surface area contributed by atoms with E-state index in [0.717, 1.165) is 16.7 Å². The average molecular weight is 260 g/mol. The van der Waals surface area contributed by atoms with Crippen molar-refractivity contribution in [3.8, 4) is 0 Å². The van der Waals surface area contributed by atoms with Crippen LogP contribution in [0, 0.1) is 0 Å². The van der Waals surface area contributed by atoms with E-state index in [9.17, 15) is 0 Å². The van der Waals surface area contributed by atoms with Gasteiger partial charge in [0.1, 0.15) is 5.82 Å². The molecule has 1 atom stereocenters. The molecule has 0 radical (unpaired) electrons. The number of hydrogen-bond acceptors (Lipinski definition) is 5. The molecule has 0 aliphatic rings. The highest BCUT2D eigenvalue weighted by Crippen LogP contribution is 2.20. The predicted octanol–water partition coefficient (Wildman–Crippen LogP) is 1.74. The van der Waals surface area contributed by atoms with Gasteiger partial charge in [-0.3, -0.25) is 5.43 Å². The van der Waals surface area contributed by atoms with E-state index in [1.165, 1.54) is 0 Å². The lowest BCUT2D eigenvalue weighted by atomic mass is 10.2. The fraction of sp³-hybridized carbons (Fsp3) is 0.500. The van der Waals surface area contributed by atoms with Crippen LogP contribution in [0.4, 0.5) is 11.8 Å². The van der Waals surface area contributed by atoms with Gasteiger partial charge in [0.05, 0.1) is 4.47 Å². The van der Waals surface area contributed by atoms with Crippen LogP contribution in [0.3, 0.4) is 0 Å². The van der Waals surface area contributed by atoms with Gasteiger partial charge in [0, 0.05) is 12.2 Å². The standard InChI is InChI=1S/C8H14BrN5/c1-3-5(2)12-7-6(9)4-11-8(13-7)14-10/h4-5H,3,10H2,1-2H3,(H2,11,12,13,14). The zero-order valence-electron chi connectivity index (χ0n) is 8.21. The number of hydrogen-bond donors (Lipinski definition) is 3. The first-order chi connectivity index (χ1) is 6.67. The largest absolute Gasteiger partial charge is 0.367 e. The van der Waals surface area contributed by atoms with Crippen molar-refractivity contribution in [1.82, 2.24) is 9.97 Å². The first-order valence-corrected chi connectivity index (χ1v) is 5.22. The maximum absolute atomic E-state index is 5.21. The van der Waals surface area contributed by atoms with Crippen molar-refractivity contribution >= 4 is 27.7 Å². The molecule has 0 aliphatic carbocycles. The fourth-order valence-electron chi connectivity index (χ4n) is 0.873. The van der Waals surface area contributed by atoms with Crippen molar-refractivity contribution in [3.05, 3.63) is 10.7 Å². The summed E-state index contributed by atoms with van der Waals surface area (Å²) in [6.45, 7) is 4.19. The van der Waals surface area contributed by atoms with Crippen molar-refractivity contribution in [2.45, 2.75) is 26.3 Å². The van der Waals surface area contributed by atoms with Crippen LogP contribution in [0.1, 0.15) is 20.3 Å². The number of nitrogen functional groups attached to an aromatic ring is 1. The molecule has 0 saturated heterocycles. The first-order valence-electron chi connectivity index (χ1n) is 4.43. The van der Waals surface area contributed by atoms with E-state index >= 15 is 0 Å². The van der Waals surface area contributed by atoms with E-state index in [1.807, 2.05) is 0 Å². The third-order valence-corrected chi connectivity index (χ3v) is 2.45. The molecule has 0 bridgehead atoms. The van der Waals surface area contributed by atoms with Crippen LogP contribution in [0.5, 0.6) is 0 Å². The highest BCUT2D eigenvalue weighted by molar-refractivity contribution is 9.10. The highest BCUT2D eigenvalue weighted by Gasteiger charge is 2.06. The topological polar surface area (TPSA) is 75.9 Å². The molecule has 14 heavy (non-hydrogen) atoms. The van der Waals surface area contributed by atoms with Crippen molar-refractivity contribution in [3.63, 3.8) is 0 Å². The number of rotatable bonds is 4. The number of aromatic nitrogens is 2. The Morgan fingerprint density at radius 3 is 2.93 bits per heavy atom. The molecule has 0 aromatic carbocycles. The molecule has 0 spiro atoms. The van der Waals surface area contributed by atoms with Crippen LogP contribution in [0.2, 0.25) is 0 Å². The summed E-state index contributed by atoms with van der Waals surface area (Å²) < 4.78 is 0.830. The van der Waals surface area contributed by atoms with Gasteiger partial charge in [0.15, 0.2) is 0 Å². The molecule has 0 amide bonds. The summed E-state index contributed by atoms with van der Waals surface area (Å²) in [4.78, 5) is 8.13. The normalized spacial score (nSPS) is 12.3. The number of halogens is 1. The number of nitrogens with one attached hydrogen (secondary N) is 2. The minimum absolute atomic E-state index is 0.367. The number of nitrogens with zero attached hydrogens (tertiary/aromatic N) is 2. The maximum Gasteiger partial charge on any atom is 0.239 e. The third kappa shape index (κ3) is 2.81.